The molecule has 1 saturated carbocycles. The number of benzene rings is 1. The van der Waals surface area contributed by atoms with E-state index in [0.29, 0.717) is 5.41 Å². The Morgan fingerprint density at radius 3 is 2.54 bits per heavy atom. The van der Waals surface area contributed by atoms with Crippen molar-refractivity contribution in [1.82, 2.24) is 0 Å². The van der Waals surface area contributed by atoms with Crippen LogP contribution in [0.2, 0.25) is 0 Å². The van der Waals surface area contributed by atoms with Crippen LogP contribution in [0.5, 0.6) is 0 Å². The average molecular weight is 175 g/mol. The van der Waals surface area contributed by atoms with Crippen molar-refractivity contribution >= 4 is 0 Å². The first-order valence-electron chi connectivity index (χ1n) is 5.11. The highest BCUT2D eigenvalue weighted by Crippen LogP contribution is 2.48. The fourth-order valence-electron chi connectivity index (χ4n) is 2.08. The molecule has 1 aromatic carbocycles. The van der Waals surface area contributed by atoms with Crippen LogP contribution in [0.15, 0.2) is 24.3 Å². The van der Waals surface area contributed by atoms with Crippen molar-refractivity contribution in [2.75, 3.05) is 6.54 Å². The van der Waals surface area contributed by atoms with Gasteiger partial charge in [0, 0.05) is 12.0 Å². The molecule has 0 aliphatic heterocycles. The first-order valence-corrected chi connectivity index (χ1v) is 5.11. The molecule has 0 spiro atoms. The quantitative estimate of drug-likeness (QED) is 0.749. The summed E-state index contributed by atoms with van der Waals surface area (Å²) in [6, 6.07) is 8.73. The molecular weight excluding hydrogens is 158 g/mol. The van der Waals surface area contributed by atoms with Gasteiger partial charge >= 0.3 is 0 Å². The summed E-state index contributed by atoms with van der Waals surface area (Å²) in [5.74, 6) is 0. The van der Waals surface area contributed by atoms with Crippen LogP contribution in [0, 0.1) is 0 Å². The van der Waals surface area contributed by atoms with Gasteiger partial charge in [0.1, 0.15) is 0 Å². The Balaban J connectivity index is 2.39. The number of hydrogen-bond acceptors (Lipinski definition) is 1. The first-order chi connectivity index (χ1) is 6.32. The Bertz CT molecular complexity index is 300. The molecule has 2 rings (SSSR count). The van der Waals surface area contributed by atoms with E-state index in [1.54, 1.807) is 0 Å². The van der Waals surface area contributed by atoms with Crippen molar-refractivity contribution in [2.24, 2.45) is 5.73 Å². The second-order valence-corrected chi connectivity index (χ2v) is 4.00. The van der Waals surface area contributed by atoms with Crippen molar-refractivity contribution in [3.8, 4) is 0 Å². The molecule has 0 radical (unpaired) electrons. The van der Waals surface area contributed by atoms with Gasteiger partial charge in [0.25, 0.3) is 0 Å². The van der Waals surface area contributed by atoms with Crippen molar-refractivity contribution in [1.29, 1.82) is 0 Å². The standard InChI is InChI=1S/C12H17N/c1-2-10-5-3-4-6-11(10)12(9-13)7-8-12/h3-6H,2,7-9,13H2,1H3. The largest absolute Gasteiger partial charge is 0.330 e. The third-order valence-corrected chi connectivity index (χ3v) is 3.21. The number of hydrogen-bond donors (Lipinski definition) is 1. The van der Waals surface area contributed by atoms with Crippen LogP contribution >= 0.6 is 0 Å². The molecule has 1 nitrogen and oxygen atoms in total. The van der Waals surface area contributed by atoms with E-state index >= 15 is 0 Å². The number of aryl methyl sites for hydroxylation is 1. The zero-order valence-corrected chi connectivity index (χ0v) is 8.22. The molecule has 2 N–H and O–H groups in total. The molecule has 0 atom stereocenters. The summed E-state index contributed by atoms with van der Waals surface area (Å²) >= 11 is 0. The van der Waals surface area contributed by atoms with E-state index in [-0.39, 0.29) is 0 Å². The van der Waals surface area contributed by atoms with Crippen molar-refractivity contribution in [3.05, 3.63) is 35.4 Å². The maximum absolute atomic E-state index is 5.82. The molecule has 0 saturated heterocycles. The van der Waals surface area contributed by atoms with Gasteiger partial charge < -0.3 is 5.73 Å². The minimum atomic E-state index is 0.354. The maximum atomic E-state index is 5.82. The van der Waals surface area contributed by atoms with Gasteiger partial charge in [0.05, 0.1) is 0 Å². The van der Waals surface area contributed by atoms with Gasteiger partial charge in [-0.15, -0.1) is 0 Å². The van der Waals surface area contributed by atoms with Gasteiger partial charge in [-0.05, 0) is 30.4 Å². The zero-order chi connectivity index (χ0) is 9.31. The van der Waals surface area contributed by atoms with E-state index in [1.165, 1.54) is 24.0 Å². The predicted octanol–water partition coefficient (Wildman–Crippen LogP) is 2.24. The third-order valence-electron chi connectivity index (χ3n) is 3.21. The minimum Gasteiger partial charge on any atom is -0.330 e. The SMILES string of the molecule is CCc1ccccc1C1(CN)CC1. The van der Waals surface area contributed by atoms with Gasteiger partial charge in [-0.25, -0.2) is 0 Å². The lowest BCUT2D eigenvalue weighted by atomic mass is 9.90. The summed E-state index contributed by atoms with van der Waals surface area (Å²) in [5, 5.41) is 0. The molecule has 0 amide bonds. The van der Waals surface area contributed by atoms with Gasteiger partial charge in [0.2, 0.25) is 0 Å². The lowest BCUT2D eigenvalue weighted by Gasteiger charge is -2.16. The second-order valence-electron chi connectivity index (χ2n) is 4.00. The number of rotatable bonds is 3. The molecule has 0 aromatic heterocycles. The second kappa shape index (κ2) is 3.15. The van der Waals surface area contributed by atoms with Crippen LogP contribution in [0.3, 0.4) is 0 Å². The maximum Gasteiger partial charge on any atom is 0.00789 e. The Labute approximate surface area is 80.0 Å². The molecule has 70 valence electrons. The minimum absolute atomic E-state index is 0.354. The lowest BCUT2D eigenvalue weighted by molar-refractivity contribution is 0.695. The fraction of sp³-hybridized carbons (Fsp3) is 0.500. The Kier molecular flexibility index (Phi) is 2.12. The van der Waals surface area contributed by atoms with Crippen molar-refractivity contribution in [2.45, 2.75) is 31.6 Å². The molecule has 1 fully saturated rings. The van der Waals surface area contributed by atoms with Crippen LogP contribution in [-0.4, -0.2) is 6.54 Å². The van der Waals surface area contributed by atoms with E-state index in [0.717, 1.165) is 13.0 Å². The van der Waals surface area contributed by atoms with Crippen molar-refractivity contribution in [3.63, 3.8) is 0 Å². The van der Waals surface area contributed by atoms with Crippen LogP contribution < -0.4 is 5.73 Å². The van der Waals surface area contributed by atoms with E-state index in [2.05, 4.69) is 31.2 Å². The highest BCUT2D eigenvalue weighted by atomic mass is 14.7. The molecule has 1 aliphatic rings. The van der Waals surface area contributed by atoms with Crippen LogP contribution in [0.1, 0.15) is 30.9 Å². The van der Waals surface area contributed by atoms with E-state index < -0.39 is 0 Å². The van der Waals surface area contributed by atoms with Gasteiger partial charge in [-0.3, -0.25) is 0 Å². The molecule has 0 bridgehead atoms. The monoisotopic (exact) mass is 175 g/mol. The molecule has 1 aromatic rings. The highest BCUT2D eigenvalue weighted by molar-refractivity contribution is 5.38. The summed E-state index contributed by atoms with van der Waals surface area (Å²) in [6.07, 6.45) is 3.68. The van der Waals surface area contributed by atoms with Crippen LogP contribution in [-0.2, 0) is 11.8 Å². The molecule has 0 heterocycles. The van der Waals surface area contributed by atoms with Gasteiger partial charge in [0.15, 0.2) is 0 Å². The summed E-state index contributed by atoms with van der Waals surface area (Å²) < 4.78 is 0. The molecule has 13 heavy (non-hydrogen) atoms. The summed E-state index contributed by atoms with van der Waals surface area (Å²) in [4.78, 5) is 0. The molecule has 1 heteroatoms. The van der Waals surface area contributed by atoms with Crippen LogP contribution in [0.4, 0.5) is 0 Å². The highest BCUT2D eigenvalue weighted by Gasteiger charge is 2.43. The average Bonchev–Trinajstić information content (AvgIpc) is 2.98. The molecule has 0 unspecified atom stereocenters. The Morgan fingerprint density at radius 2 is 2.00 bits per heavy atom. The summed E-state index contributed by atoms with van der Waals surface area (Å²) in [5.41, 5.74) is 9.16. The molecular formula is C12H17N. The summed E-state index contributed by atoms with van der Waals surface area (Å²) in [6.45, 7) is 3.02. The number of nitrogens with two attached hydrogens (primary N) is 1. The Morgan fingerprint density at radius 1 is 1.31 bits per heavy atom. The topological polar surface area (TPSA) is 26.0 Å². The van der Waals surface area contributed by atoms with Gasteiger partial charge in [-0.2, -0.15) is 0 Å². The smallest absolute Gasteiger partial charge is 0.00789 e. The predicted molar refractivity (Wildman–Crippen MR) is 55.8 cm³/mol. The summed E-state index contributed by atoms with van der Waals surface area (Å²) in [7, 11) is 0. The van der Waals surface area contributed by atoms with E-state index in [9.17, 15) is 0 Å². The van der Waals surface area contributed by atoms with Crippen LogP contribution in [0.25, 0.3) is 0 Å². The third kappa shape index (κ3) is 1.37. The van der Waals surface area contributed by atoms with Crippen molar-refractivity contribution < 1.29 is 0 Å². The lowest BCUT2D eigenvalue weighted by Crippen LogP contribution is -2.21. The first kappa shape index (κ1) is 8.76. The van der Waals surface area contributed by atoms with E-state index in [4.69, 9.17) is 5.73 Å². The zero-order valence-electron chi connectivity index (χ0n) is 8.22. The fourth-order valence-corrected chi connectivity index (χ4v) is 2.08. The molecule has 1 aliphatic carbocycles. The van der Waals surface area contributed by atoms with E-state index in [1.807, 2.05) is 0 Å². The Hall–Kier alpha value is -0.820. The normalized spacial score (nSPS) is 18.6. The van der Waals surface area contributed by atoms with Gasteiger partial charge in [-0.1, -0.05) is 31.2 Å².